The summed E-state index contributed by atoms with van der Waals surface area (Å²) in [7, 11) is 0. The molecule has 1 aromatic carbocycles. The molecule has 30 heavy (non-hydrogen) atoms. The van der Waals surface area contributed by atoms with E-state index in [2.05, 4.69) is 25.0 Å². The SMILES string of the molecule is O=C(N[C@@H](c1ccc(OC(F)(F)F)c(F)c1)c1ncccc1F)c1c[nH]c(=O)cn1. The number of hydrogen-bond donors (Lipinski definition) is 2. The van der Waals surface area contributed by atoms with E-state index in [0.717, 1.165) is 24.5 Å². The first-order valence-corrected chi connectivity index (χ1v) is 8.15. The van der Waals surface area contributed by atoms with Crippen molar-refractivity contribution in [3.63, 3.8) is 0 Å². The van der Waals surface area contributed by atoms with Crippen molar-refractivity contribution in [3.05, 3.63) is 87.9 Å². The number of ether oxygens (including phenoxy) is 1. The number of amides is 1. The van der Waals surface area contributed by atoms with Crippen LogP contribution in [0, 0.1) is 11.6 Å². The van der Waals surface area contributed by atoms with Gasteiger partial charge in [-0.15, -0.1) is 13.2 Å². The number of nitrogens with one attached hydrogen (secondary N) is 2. The molecule has 0 fully saturated rings. The van der Waals surface area contributed by atoms with Crippen LogP contribution in [0.1, 0.15) is 27.8 Å². The summed E-state index contributed by atoms with van der Waals surface area (Å²) >= 11 is 0. The van der Waals surface area contributed by atoms with E-state index in [4.69, 9.17) is 0 Å². The third kappa shape index (κ3) is 4.96. The van der Waals surface area contributed by atoms with Crippen LogP contribution in [-0.4, -0.2) is 27.2 Å². The molecular formula is C18H11F5N4O3. The van der Waals surface area contributed by atoms with E-state index in [1.807, 2.05) is 0 Å². The summed E-state index contributed by atoms with van der Waals surface area (Å²) in [5.74, 6) is -4.21. The standard InChI is InChI=1S/C18H11F5N4O3/c19-10-2-1-5-24-16(10)15(27-17(29)12-7-26-14(28)8-25-12)9-3-4-13(11(20)6-9)30-18(21,22)23/h1-8,15H,(H,26,28)(H,27,29)/t15-/m0/s1. The van der Waals surface area contributed by atoms with Crippen molar-refractivity contribution < 1.29 is 31.5 Å². The van der Waals surface area contributed by atoms with Crippen LogP contribution < -0.4 is 15.6 Å². The van der Waals surface area contributed by atoms with Gasteiger partial charge in [0.15, 0.2) is 11.6 Å². The van der Waals surface area contributed by atoms with Crippen LogP contribution in [0.15, 0.2) is 53.7 Å². The fourth-order valence-corrected chi connectivity index (χ4v) is 2.50. The fourth-order valence-electron chi connectivity index (χ4n) is 2.50. The van der Waals surface area contributed by atoms with E-state index in [-0.39, 0.29) is 17.0 Å². The molecule has 2 N–H and O–H groups in total. The van der Waals surface area contributed by atoms with E-state index in [1.165, 1.54) is 12.3 Å². The Morgan fingerprint density at radius 2 is 1.90 bits per heavy atom. The number of aromatic amines is 1. The minimum Gasteiger partial charge on any atom is -0.403 e. The molecule has 156 valence electrons. The first kappa shape index (κ1) is 20.9. The Morgan fingerprint density at radius 1 is 1.13 bits per heavy atom. The normalized spacial score (nSPS) is 12.3. The Bertz CT molecular complexity index is 1110. The molecule has 0 saturated carbocycles. The molecule has 2 aromatic heterocycles. The quantitative estimate of drug-likeness (QED) is 0.612. The maximum Gasteiger partial charge on any atom is 0.573 e. The summed E-state index contributed by atoms with van der Waals surface area (Å²) in [4.78, 5) is 33.2. The number of benzene rings is 1. The molecule has 0 unspecified atom stereocenters. The summed E-state index contributed by atoms with van der Waals surface area (Å²) in [5, 5.41) is 2.37. The van der Waals surface area contributed by atoms with E-state index in [0.29, 0.717) is 12.1 Å². The van der Waals surface area contributed by atoms with E-state index >= 15 is 0 Å². The molecule has 0 aliphatic rings. The number of rotatable bonds is 5. The van der Waals surface area contributed by atoms with Crippen molar-refractivity contribution in [1.29, 1.82) is 0 Å². The zero-order chi connectivity index (χ0) is 21.9. The zero-order valence-corrected chi connectivity index (χ0v) is 14.7. The summed E-state index contributed by atoms with van der Waals surface area (Å²) < 4.78 is 69.1. The molecule has 0 radical (unpaired) electrons. The molecule has 7 nitrogen and oxygen atoms in total. The Kier molecular flexibility index (Phi) is 5.76. The van der Waals surface area contributed by atoms with Crippen molar-refractivity contribution >= 4 is 5.91 Å². The number of halogens is 5. The number of pyridine rings is 1. The topological polar surface area (TPSA) is 97.0 Å². The molecular weight excluding hydrogens is 415 g/mol. The largest absolute Gasteiger partial charge is 0.573 e. The predicted molar refractivity (Wildman–Crippen MR) is 91.4 cm³/mol. The summed E-state index contributed by atoms with van der Waals surface area (Å²) in [6.07, 6.45) is -2.05. The Morgan fingerprint density at radius 3 is 2.50 bits per heavy atom. The van der Waals surface area contributed by atoms with Gasteiger partial charge in [0.25, 0.3) is 11.5 Å². The van der Waals surface area contributed by atoms with Gasteiger partial charge >= 0.3 is 6.36 Å². The predicted octanol–water partition coefficient (Wildman–Crippen LogP) is 2.86. The Balaban J connectivity index is 1.99. The van der Waals surface area contributed by atoms with Gasteiger partial charge in [0.1, 0.15) is 17.2 Å². The molecule has 0 spiro atoms. The van der Waals surface area contributed by atoms with Crippen LogP contribution in [0.4, 0.5) is 22.0 Å². The van der Waals surface area contributed by atoms with Crippen LogP contribution in [0.5, 0.6) is 5.75 Å². The van der Waals surface area contributed by atoms with Gasteiger partial charge in [0.2, 0.25) is 0 Å². The highest BCUT2D eigenvalue weighted by atomic mass is 19.4. The summed E-state index contributed by atoms with van der Waals surface area (Å²) in [6, 6.07) is 3.29. The third-order valence-corrected chi connectivity index (χ3v) is 3.76. The van der Waals surface area contributed by atoms with E-state index in [1.54, 1.807) is 0 Å². The van der Waals surface area contributed by atoms with Gasteiger partial charge in [-0.1, -0.05) is 6.07 Å². The van der Waals surface area contributed by atoms with Crippen LogP contribution in [0.25, 0.3) is 0 Å². The van der Waals surface area contributed by atoms with Crippen molar-refractivity contribution in [2.45, 2.75) is 12.4 Å². The Labute approximate surface area is 164 Å². The third-order valence-electron chi connectivity index (χ3n) is 3.76. The molecule has 0 aliphatic carbocycles. The molecule has 0 bridgehead atoms. The second-order valence-corrected chi connectivity index (χ2v) is 5.81. The highest BCUT2D eigenvalue weighted by Crippen LogP contribution is 2.30. The smallest absolute Gasteiger partial charge is 0.403 e. The zero-order valence-electron chi connectivity index (χ0n) is 14.7. The van der Waals surface area contributed by atoms with Crippen LogP contribution >= 0.6 is 0 Å². The van der Waals surface area contributed by atoms with Crippen LogP contribution in [-0.2, 0) is 0 Å². The lowest BCUT2D eigenvalue weighted by Gasteiger charge is -2.20. The van der Waals surface area contributed by atoms with Crippen LogP contribution in [0.2, 0.25) is 0 Å². The lowest BCUT2D eigenvalue weighted by Crippen LogP contribution is -2.32. The minimum atomic E-state index is -5.11. The summed E-state index contributed by atoms with van der Waals surface area (Å²) in [6.45, 7) is 0. The lowest BCUT2D eigenvalue weighted by molar-refractivity contribution is -0.275. The van der Waals surface area contributed by atoms with Gasteiger partial charge in [0.05, 0.1) is 12.2 Å². The number of alkyl halides is 3. The number of H-pyrrole nitrogens is 1. The minimum absolute atomic E-state index is 0.114. The maximum absolute atomic E-state index is 14.3. The van der Waals surface area contributed by atoms with Crippen LogP contribution in [0.3, 0.4) is 0 Å². The highest BCUT2D eigenvalue weighted by molar-refractivity contribution is 5.92. The van der Waals surface area contributed by atoms with Gasteiger partial charge in [-0.3, -0.25) is 14.6 Å². The van der Waals surface area contributed by atoms with Gasteiger partial charge in [-0.2, -0.15) is 0 Å². The number of aromatic nitrogens is 3. The summed E-state index contributed by atoms with van der Waals surface area (Å²) in [5.41, 5.74) is -1.24. The lowest BCUT2D eigenvalue weighted by atomic mass is 10.0. The number of carbonyl (C=O) groups is 1. The average molecular weight is 426 g/mol. The van der Waals surface area contributed by atoms with Crippen molar-refractivity contribution in [3.8, 4) is 5.75 Å². The number of carbonyl (C=O) groups excluding carboxylic acids is 1. The van der Waals surface area contributed by atoms with E-state index < -0.39 is 41.3 Å². The van der Waals surface area contributed by atoms with Gasteiger partial charge in [0, 0.05) is 12.4 Å². The fraction of sp³-hybridized carbons (Fsp3) is 0.111. The molecule has 3 rings (SSSR count). The van der Waals surface area contributed by atoms with Crippen molar-refractivity contribution in [2.24, 2.45) is 0 Å². The Hall–Kier alpha value is -3.83. The maximum atomic E-state index is 14.3. The van der Waals surface area contributed by atoms with Crippen molar-refractivity contribution in [2.75, 3.05) is 0 Å². The van der Waals surface area contributed by atoms with Crippen molar-refractivity contribution in [1.82, 2.24) is 20.3 Å². The molecule has 0 aliphatic heterocycles. The monoisotopic (exact) mass is 426 g/mol. The second-order valence-electron chi connectivity index (χ2n) is 5.81. The number of nitrogens with zero attached hydrogens (tertiary/aromatic N) is 2. The highest BCUT2D eigenvalue weighted by Gasteiger charge is 2.33. The molecule has 0 saturated heterocycles. The van der Waals surface area contributed by atoms with Gasteiger partial charge in [-0.05, 0) is 29.8 Å². The van der Waals surface area contributed by atoms with Gasteiger partial charge in [-0.25, -0.2) is 13.8 Å². The molecule has 12 heteroatoms. The van der Waals surface area contributed by atoms with E-state index in [9.17, 15) is 31.5 Å². The first-order chi connectivity index (χ1) is 14.1. The number of hydrogen-bond acceptors (Lipinski definition) is 5. The molecule has 1 amide bonds. The first-order valence-electron chi connectivity index (χ1n) is 8.15. The molecule has 2 heterocycles. The molecule has 1 atom stereocenters. The average Bonchev–Trinajstić information content (AvgIpc) is 2.68. The van der Waals surface area contributed by atoms with Gasteiger partial charge < -0.3 is 15.0 Å². The molecule has 3 aromatic rings. The second kappa shape index (κ2) is 8.27.